The first-order chi connectivity index (χ1) is 28.1. The first-order valence-electron chi connectivity index (χ1n) is 20.8. The summed E-state index contributed by atoms with van der Waals surface area (Å²) in [7, 11) is 0. The van der Waals surface area contributed by atoms with Gasteiger partial charge in [0.15, 0.2) is 11.9 Å². The van der Waals surface area contributed by atoms with Gasteiger partial charge in [-0.3, -0.25) is 34.0 Å². The predicted octanol–water partition coefficient (Wildman–Crippen LogP) is -2.82. The van der Waals surface area contributed by atoms with Gasteiger partial charge in [0.25, 0.3) is 0 Å². The second kappa shape index (κ2) is 27.4. The smallest absolute Gasteiger partial charge is 0.326 e. The lowest BCUT2D eigenvalue weighted by Gasteiger charge is -2.36. The first-order valence-corrected chi connectivity index (χ1v) is 21.4. The molecule has 59 heavy (non-hydrogen) atoms. The number of unbranched alkanes of at least 4 members (excludes halogenated alkanes) is 2. The summed E-state index contributed by atoms with van der Waals surface area (Å²) >= 11 is 4.16. The Morgan fingerprint density at radius 1 is 0.695 bits per heavy atom. The quantitative estimate of drug-likeness (QED) is 0.0164. The van der Waals surface area contributed by atoms with Gasteiger partial charge in [0.2, 0.25) is 29.5 Å². The number of nitrogens with one attached hydrogen (secondary N) is 4. The molecular weight excluding hydrogens is 785 g/mol. The lowest BCUT2D eigenvalue weighted by molar-refractivity contribution is -0.146. The molecule has 22 heteroatoms. The van der Waals surface area contributed by atoms with Crippen molar-refractivity contribution in [1.29, 1.82) is 0 Å². The first kappa shape index (κ1) is 50.7. The number of guanidine groups is 2. The van der Waals surface area contributed by atoms with E-state index in [-0.39, 0.29) is 68.7 Å². The predicted molar refractivity (Wildman–Crippen MR) is 228 cm³/mol. The summed E-state index contributed by atoms with van der Waals surface area (Å²) in [6, 6.07) is -6.02. The Hall–Kier alpha value is -4.41. The van der Waals surface area contributed by atoms with Gasteiger partial charge in [-0.05, 0) is 108 Å². The number of aliphatic carboxylic acids is 1. The third kappa shape index (κ3) is 18.2. The van der Waals surface area contributed by atoms with Crippen molar-refractivity contribution in [2.75, 3.05) is 31.9 Å². The Morgan fingerprint density at radius 3 is 1.88 bits per heavy atom. The molecule has 0 aromatic rings. The summed E-state index contributed by atoms with van der Waals surface area (Å²) in [4.78, 5) is 88.4. The number of thiol groups is 1. The van der Waals surface area contributed by atoms with Gasteiger partial charge in [-0.1, -0.05) is 12.8 Å². The van der Waals surface area contributed by atoms with E-state index >= 15 is 0 Å². The van der Waals surface area contributed by atoms with Gasteiger partial charge >= 0.3 is 5.97 Å². The van der Waals surface area contributed by atoms with Crippen LogP contribution in [0.15, 0.2) is 9.98 Å². The normalized spacial score (nSPS) is 19.8. The van der Waals surface area contributed by atoms with Crippen molar-refractivity contribution in [3.63, 3.8) is 0 Å². The number of rotatable bonds is 28. The van der Waals surface area contributed by atoms with Crippen LogP contribution in [0.5, 0.6) is 0 Å². The Bertz CT molecular complexity index is 1430. The van der Waals surface area contributed by atoms with E-state index in [9.17, 15) is 33.9 Å². The van der Waals surface area contributed by atoms with E-state index in [0.717, 1.165) is 19.3 Å². The van der Waals surface area contributed by atoms with Gasteiger partial charge in [-0.15, -0.1) is 0 Å². The van der Waals surface area contributed by atoms with Crippen LogP contribution < -0.4 is 61.4 Å². The van der Waals surface area contributed by atoms with Crippen molar-refractivity contribution >= 4 is 60.1 Å². The van der Waals surface area contributed by atoms with Crippen molar-refractivity contribution < 1.29 is 33.9 Å². The maximum atomic E-state index is 14.2. The van der Waals surface area contributed by atoms with Gasteiger partial charge in [0, 0.05) is 25.7 Å². The Labute approximate surface area is 352 Å². The van der Waals surface area contributed by atoms with E-state index in [1.54, 1.807) is 0 Å². The number of nitrogens with zero attached hydrogens (tertiary/aromatic N) is 3. The van der Waals surface area contributed by atoms with Crippen LogP contribution in [0.3, 0.4) is 0 Å². The van der Waals surface area contributed by atoms with Crippen LogP contribution in [0, 0.1) is 5.92 Å². The molecule has 19 N–H and O–H groups in total. The van der Waals surface area contributed by atoms with Crippen LogP contribution in [0.1, 0.15) is 103 Å². The number of amides is 5. The van der Waals surface area contributed by atoms with E-state index in [0.29, 0.717) is 76.5 Å². The average molecular weight is 855 g/mol. The van der Waals surface area contributed by atoms with Gasteiger partial charge < -0.3 is 71.4 Å². The molecule has 2 fully saturated rings. The molecule has 0 radical (unpaired) electrons. The van der Waals surface area contributed by atoms with E-state index in [2.05, 4.69) is 43.9 Å². The Kier molecular flexibility index (Phi) is 23.5. The molecule has 1 heterocycles. The number of hydrogen-bond donors (Lipinski definition) is 13. The molecule has 0 bridgehead atoms. The zero-order valence-electron chi connectivity index (χ0n) is 34.2. The second-order valence-electron chi connectivity index (χ2n) is 15.3. The molecule has 0 aromatic carbocycles. The molecule has 2 aliphatic rings. The van der Waals surface area contributed by atoms with Gasteiger partial charge in [0.1, 0.15) is 24.2 Å². The van der Waals surface area contributed by atoms with Crippen molar-refractivity contribution in [3.8, 4) is 0 Å². The summed E-state index contributed by atoms with van der Waals surface area (Å²) in [5.41, 5.74) is 39.6. The van der Waals surface area contributed by atoms with Crippen molar-refractivity contribution in [3.05, 3.63) is 0 Å². The highest BCUT2D eigenvalue weighted by Gasteiger charge is 2.49. The molecular formula is C37H70N14O7S. The average Bonchev–Trinajstić information content (AvgIpc) is 3.59. The molecule has 0 spiro atoms. The van der Waals surface area contributed by atoms with E-state index in [1.165, 1.54) is 4.90 Å². The molecule has 336 valence electrons. The number of carboxylic acid groups (broad SMARTS) is 1. The largest absolute Gasteiger partial charge is 0.480 e. The number of carboxylic acids is 1. The highest BCUT2D eigenvalue weighted by Crippen LogP contribution is 2.40. The Balaban J connectivity index is 2.00. The summed E-state index contributed by atoms with van der Waals surface area (Å²) in [6.45, 7) is 0.907. The van der Waals surface area contributed by atoms with Crippen molar-refractivity contribution in [1.82, 2.24) is 26.2 Å². The van der Waals surface area contributed by atoms with Gasteiger partial charge in [-0.2, -0.15) is 12.6 Å². The van der Waals surface area contributed by atoms with Crippen LogP contribution in [0.25, 0.3) is 0 Å². The van der Waals surface area contributed by atoms with E-state index in [1.807, 2.05) is 0 Å². The number of aliphatic imine (C=N–C) groups is 2. The molecule has 1 aliphatic heterocycles. The highest BCUT2D eigenvalue weighted by atomic mass is 32.1. The van der Waals surface area contributed by atoms with Crippen LogP contribution >= 0.6 is 12.6 Å². The number of carbonyl (C=O) groups excluding carboxylic acids is 5. The number of hydrogen-bond acceptors (Lipinski definition) is 12. The number of carbonyl (C=O) groups is 6. The van der Waals surface area contributed by atoms with Crippen molar-refractivity contribution in [2.24, 2.45) is 56.0 Å². The van der Waals surface area contributed by atoms with Crippen LogP contribution in [-0.2, 0) is 28.8 Å². The minimum Gasteiger partial charge on any atom is -0.480 e. The van der Waals surface area contributed by atoms with E-state index < -0.39 is 65.8 Å². The van der Waals surface area contributed by atoms with E-state index in [4.69, 9.17) is 40.1 Å². The van der Waals surface area contributed by atoms with Crippen LogP contribution in [0.4, 0.5) is 0 Å². The second-order valence-corrected chi connectivity index (χ2v) is 15.8. The molecule has 1 aliphatic carbocycles. The summed E-state index contributed by atoms with van der Waals surface area (Å²) in [5, 5.41) is 20.8. The van der Waals surface area contributed by atoms with Crippen molar-refractivity contribution in [2.45, 2.75) is 145 Å². The molecule has 2 unspecified atom stereocenters. The lowest BCUT2D eigenvalue weighted by atomic mass is 9.84. The molecule has 5 amide bonds. The molecule has 1 saturated carbocycles. The Morgan fingerprint density at radius 2 is 1.27 bits per heavy atom. The summed E-state index contributed by atoms with van der Waals surface area (Å²) in [6.07, 6.45) is 7.95. The lowest BCUT2D eigenvalue weighted by Crippen LogP contribution is -2.59. The van der Waals surface area contributed by atoms with Crippen LogP contribution in [-0.4, -0.2) is 132 Å². The topological polar surface area (TPSA) is 381 Å². The third-order valence-electron chi connectivity index (χ3n) is 10.7. The minimum atomic E-state index is -1.22. The molecule has 21 nitrogen and oxygen atoms in total. The molecule has 1 saturated heterocycles. The minimum absolute atomic E-state index is 0.0261. The fourth-order valence-corrected chi connectivity index (χ4v) is 7.72. The number of likely N-dealkylation sites (tertiary alicyclic amines) is 1. The highest BCUT2D eigenvalue weighted by molar-refractivity contribution is 7.80. The monoisotopic (exact) mass is 855 g/mol. The maximum Gasteiger partial charge on any atom is 0.326 e. The maximum absolute atomic E-state index is 14.2. The van der Waals surface area contributed by atoms with Gasteiger partial charge in [0.05, 0.1) is 12.1 Å². The van der Waals surface area contributed by atoms with Crippen LogP contribution in [0.2, 0.25) is 0 Å². The number of fused-ring (bicyclic) bond motifs is 1. The molecule has 8 atom stereocenters. The molecule has 2 rings (SSSR count). The SMILES string of the molecule is NCC[C@H](NC(=O)[C@@H](N)CCCCNC(=O)[C@H](CCCCN=C(N)N)NC(=O)[C@@H](N)CCCS)C(=O)N1C2CCCCC2C[C@H]1C(=O)N[C@@H](CCCN=C(N)N)C(=O)O. The summed E-state index contributed by atoms with van der Waals surface area (Å²) in [5.74, 6) is -3.14. The zero-order chi connectivity index (χ0) is 43.9. The fourth-order valence-electron chi connectivity index (χ4n) is 7.54. The fraction of sp³-hybridized carbons (Fsp3) is 0.784. The third-order valence-corrected chi connectivity index (χ3v) is 11.0. The van der Waals surface area contributed by atoms with Gasteiger partial charge in [-0.25, -0.2) is 4.79 Å². The zero-order valence-corrected chi connectivity index (χ0v) is 35.1. The summed E-state index contributed by atoms with van der Waals surface area (Å²) < 4.78 is 0. The standard InChI is InChI=1S/C37H70N14O7S/c38-16-15-26(34(56)51-28-14-2-1-9-22(28)21-29(51)33(55)50-27(35(57)58)13-7-19-47-37(43)44)49-31(53)23(39)10-3-5-17-45-32(54)25(12-4-6-18-46-36(41)42)48-30(52)24(40)11-8-20-59/h22-29,59H,1-21,38-40H2,(H,45,54)(H,48,52)(H,49,53)(H,50,55)(H,57,58)(H4,41,42,46)(H4,43,44,47)/t22?,23-,24-,25-,26-,27-,28?,29-/m0/s1. The molecule has 0 aromatic heterocycles. The number of nitrogens with two attached hydrogens (primary N) is 7.